The molecule has 0 spiro atoms. The lowest BCUT2D eigenvalue weighted by Gasteiger charge is -2.36. The van der Waals surface area contributed by atoms with E-state index in [4.69, 9.17) is 4.99 Å². The van der Waals surface area contributed by atoms with E-state index in [0.717, 1.165) is 17.8 Å². The summed E-state index contributed by atoms with van der Waals surface area (Å²) < 4.78 is 0. The zero-order valence-corrected chi connectivity index (χ0v) is 11.0. The van der Waals surface area contributed by atoms with E-state index in [1.54, 1.807) is 0 Å². The molecule has 0 aliphatic heterocycles. The van der Waals surface area contributed by atoms with Crippen LogP contribution in [0.25, 0.3) is 0 Å². The first-order chi connectivity index (χ1) is 7.19. The van der Waals surface area contributed by atoms with Crippen molar-refractivity contribution in [3.8, 4) is 0 Å². The van der Waals surface area contributed by atoms with E-state index in [0.29, 0.717) is 6.04 Å². The van der Waals surface area contributed by atoms with Gasteiger partial charge in [-0.3, -0.25) is 4.99 Å². The summed E-state index contributed by atoms with van der Waals surface area (Å²) in [5.74, 6) is 2.69. The number of thioether (sulfide) groups is 1. The van der Waals surface area contributed by atoms with Crippen LogP contribution in [0.5, 0.6) is 0 Å². The summed E-state index contributed by atoms with van der Waals surface area (Å²) in [6.07, 6.45) is 9.10. The van der Waals surface area contributed by atoms with Crippen LogP contribution >= 0.6 is 11.8 Å². The lowest BCUT2D eigenvalue weighted by Crippen LogP contribution is -2.30. The average Bonchev–Trinajstić information content (AvgIpc) is 2.90. The highest BCUT2D eigenvalue weighted by molar-refractivity contribution is 8.13. The molecule has 2 aliphatic carbocycles. The smallest absolute Gasteiger partial charge is 0.0707 e. The Hall–Kier alpha value is 0.0200. The molecule has 1 nitrogen and oxygen atoms in total. The molecule has 2 saturated carbocycles. The molecule has 0 radical (unpaired) electrons. The second-order valence-electron chi connectivity index (χ2n) is 5.57. The number of rotatable bonds is 4. The van der Waals surface area contributed by atoms with E-state index in [1.807, 2.05) is 11.8 Å². The van der Waals surface area contributed by atoms with Gasteiger partial charge in [-0.05, 0) is 50.2 Å². The van der Waals surface area contributed by atoms with Gasteiger partial charge in [0.2, 0.25) is 0 Å². The van der Waals surface area contributed by atoms with Crippen molar-refractivity contribution in [1.29, 1.82) is 0 Å². The lowest BCUT2D eigenvalue weighted by atomic mass is 9.72. The van der Waals surface area contributed by atoms with E-state index in [2.05, 4.69) is 20.1 Å². The molecule has 0 heterocycles. The number of hydrogen-bond donors (Lipinski definition) is 0. The van der Waals surface area contributed by atoms with Crippen LogP contribution in [0.1, 0.15) is 46.0 Å². The summed E-state index contributed by atoms with van der Waals surface area (Å²) in [6.45, 7) is 4.67. The third-order valence-electron chi connectivity index (χ3n) is 3.46. The fourth-order valence-corrected chi connectivity index (χ4v) is 3.29. The largest absolute Gasteiger partial charge is 0.279 e. The Bertz CT molecular complexity index is 237. The van der Waals surface area contributed by atoms with E-state index >= 15 is 0 Å². The highest BCUT2D eigenvalue weighted by atomic mass is 32.2. The Morgan fingerprint density at radius 3 is 2.47 bits per heavy atom. The molecule has 0 atom stereocenters. The fraction of sp³-hybridized carbons (Fsp3) is 0.923. The number of nitrogens with zero attached hydrogens (tertiary/aromatic N) is 1. The monoisotopic (exact) mass is 225 g/mol. The van der Waals surface area contributed by atoms with Crippen LogP contribution in [0.4, 0.5) is 0 Å². The Kier molecular flexibility index (Phi) is 3.76. The molecule has 2 fully saturated rings. The van der Waals surface area contributed by atoms with Gasteiger partial charge in [-0.15, -0.1) is 11.8 Å². The third kappa shape index (κ3) is 3.24. The highest BCUT2D eigenvalue weighted by Gasteiger charge is 2.34. The van der Waals surface area contributed by atoms with Gasteiger partial charge in [0.1, 0.15) is 0 Å². The molecule has 2 rings (SSSR count). The molecule has 0 amide bonds. The zero-order valence-electron chi connectivity index (χ0n) is 10.2. The van der Waals surface area contributed by atoms with Gasteiger partial charge in [-0.2, -0.15) is 0 Å². The first-order valence-electron chi connectivity index (χ1n) is 6.30. The second kappa shape index (κ2) is 4.90. The molecular formula is C13H23NS. The first-order valence-corrected chi connectivity index (χ1v) is 7.53. The molecule has 0 unspecified atom stereocenters. The molecule has 2 heteroatoms. The maximum absolute atomic E-state index is 4.82. The molecule has 0 aromatic rings. The first kappa shape index (κ1) is 11.5. The Balaban J connectivity index is 1.76. The maximum atomic E-state index is 4.82. The molecule has 0 bridgehead atoms. The molecule has 0 N–H and O–H groups in total. The van der Waals surface area contributed by atoms with E-state index in [9.17, 15) is 0 Å². The van der Waals surface area contributed by atoms with Gasteiger partial charge in [-0.25, -0.2) is 0 Å². The molecule has 0 aromatic heterocycles. The topological polar surface area (TPSA) is 12.4 Å². The third-order valence-corrected chi connectivity index (χ3v) is 4.31. The van der Waals surface area contributed by atoms with Crippen molar-refractivity contribution >= 4 is 16.8 Å². The van der Waals surface area contributed by atoms with Gasteiger partial charge in [-0.1, -0.05) is 13.8 Å². The molecule has 2 aliphatic rings. The summed E-state index contributed by atoms with van der Waals surface area (Å²) in [5.41, 5.74) is 0. The summed E-state index contributed by atoms with van der Waals surface area (Å²) in [7, 11) is 0. The maximum Gasteiger partial charge on any atom is 0.0707 e. The van der Waals surface area contributed by atoms with Gasteiger partial charge in [0, 0.05) is 5.92 Å². The second-order valence-corrected chi connectivity index (χ2v) is 6.39. The van der Waals surface area contributed by atoms with Crippen molar-refractivity contribution in [2.24, 2.45) is 22.7 Å². The van der Waals surface area contributed by atoms with Crippen LogP contribution in [0.2, 0.25) is 0 Å². The minimum absolute atomic E-state index is 0.705. The minimum Gasteiger partial charge on any atom is -0.279 e. The number of aliphatic imine (C=N–C) groups is 1. The summed E-state index contributed by atoms with van der Waals surface area (Å²) in [5, 5.41) is 1.46. The van der Waals surface area contributed by atoms with Crippen molar-refractivity contribution < 1.29 is 0 Å². The Labute approximate surface area is 98.1 Å². The predicted molar refractivity (Wildman–Crippen MR) is 69.6 cm³/mol. The minimum atomic E-state index is 0.705. The normalized spacial score (nSPS) is 31.9. The quantitative estimate of drug-likeness (QED) is 0.520. The zero-order chi connectivity index (χ0) is 10.8. The molecule has 15 heavy (non-hydrogen) atoms. The van der Waals surface area contributed by atoms with Crippen molar-refractivity contribution in [1.82, 2.24) is 0 Å². The van der Waals surface area contributed by atoms with Gasteiger partial charge in [0.05, 0.1) is 11.1 Å². The van der Waals surface area contributed by atoms with Crippen molar-refractivity contribution in [3.63, 3.8) is 0 Å². The molecule has 0 saturated heterocycles. The van der Waals surface area contributed by atoms with Crippen molar-refractivity contribution in [2.45, 2.75) is 52.0 Å². The van der Waals surface area contributed by atoms with Crippen molar-refractivity contribution in [2.75, 3.05) is 6.26 Å². The SMILES string of the molecule is CSC(=NC1CC1)C1CC(CC(C)C)C1. The van der Waals surface area contributed by atoms with E-state index in [1.165, 1.54) is 37.1 Å². The number of hydrogen-bond acceptors (Lipinski definition) is 2. The van der Waals surface area contributed by atoms with Crippen LogP contribution < -0.4 is 0 Å². The predicted octanol–water partition coefficient (Wildman–Crippen LogP) is 3.98. The molecule has 0 aromatic carbocycles. The average molecular weight is 225 g/mol. The lowest BCUT2D eigenvalue weighted by molar-refractivity contribution is 0.219. The van der Waals surface area contributed by atoms with Crippen LogP contribution in [0.15, 0.2) is 4.99 Å². The standard InChI is InChI=1S/C13H23NS/c1-9(2)6-10-7-11(8-10)13(15-3)14-12-4-5-12/h9-12H,4-8H2,1-3H3. The van der Waals surface area contributed by atoms with Crippen molar-refractivity contribution in [3.05, 3.63) is 0 Å². The molecular weight excluding hydrogens is 202 g/mol. The van der Waals surface area contributed by atoms with Gasteiger partial charge >= 0.3 is 0 Å². The van der Waals surface area contributed by atoms with Crippen LogP contribution in [-0.2, 0) is 0 Å². The summed E-state index contributed by atoms with van der Waals surface area (Å²) >= 11 is 1.89. The van der Waals surface area contributed by atoms with Crippen LogP contribution in [0, 0.1) is 17.8 Å². The summed E-state index contributed by atoms with van der Waals surface area (Å²) in [6, 6.07) is 0.705. The van der Waals surface area contributed by atoms with Crippen LogP contribution in [-0.4, -0.2) is 17.3 Å². The van der Waals surface area contributed by atoms with Crippen LogP contribution in [0.3, 0.4) is 0 Å². The van der Waals surface area contributed by atoms with Gasteiger partial charge in [0.25, 0.3) is 0 Å². The summed E-state index contributed by atoms with van der Waals surface area (Å²) in [4.78, 5) is 4.82. The van der Waals surface area contributed by atoms with E-state index < -0.39 is 0 Å². The van der Waals surface area contributed by atoms with Gasteiger partial charge < -0.3 is 0 Å². The Morgan fingerprint density at radius 2 is 2.00 bits per heavy atom. The van der Waals surface area contributed by atoms with Gasteiger partial charge in [0.15, 0.2) is 0 Å². The molecule has 86 valence electrons. The fourth-order valence-electron chi connectivity index (χ4n) is 2.50. The van der Waals surface area contributed by atoms with E-state index in [-0.39, 0.29) is 0 Å². The Morgan fingerprint density at radius 1 is 1.33 bits per heavy atom. The highest BCUT2D eigenvalue weighted by Crippen LogP contribution is 2.41.